The lowest BCUT2D eigenvalue weighted by Crippen LogP contribution is -2.47. The highest BCUT2D eigenvalue weighted by Crippen LogP contribution is 2.16. The molecule has 0 amide bonds. The van der Waals surface area contributed by atoms with Crippen molar-refractivity contribution in [1.29, 1.82) is 0 Å². The van der Waals surface area contributed by atoms with Crippen molar-refractivity contribution >= 4 is 41.7 Å². The molecule has 1 aliphatic heterocycles. The van der Waals surface area contributed by atoms with Crippen LogP contribution >= 0.6 is 35.7 Å². The van der Waals surface area contributed by atoms with Crippen LogP contribution in [0.4, 0.5) is 0 Å². The van der Waals surface area contributed by atoms with Crippen LogP contribution in [0.15, 0.2) is 40.2 Å². The molecule has 1 unspecified atom stereocenters. The number of halogens is 1. The van der Waals surface area contributed by atoms with Gasteiger partial charge >= 0.3 is 0 Å². The summed E-state index contributed by atoms with van der Waals surface area (Å²) in [7, 11) is 1.67. The van der Waals surface area contributed by atoms with E-state index in [-0.39, 0.29) is 24.0 Å². The molecule has 2 N–H and O–H groups in total. The standard InChI is InChI=1S/C19H28N6OS.HI/c1-3-20-19(21-11-12-27-16-7-5-4-6-8-16)22-15-9-10-18-23-17(14-26-2)24-25(18)13-15;/h4-8,15H,3,9-14H2,1-2H3,(H2,20,21,22);1H. The van der Waals surface area contributed by atoms with Gasteiger partial charge in [0, 0.05) is 36.8 Å². The third-order valence-corrected chi connectivity index (χ3v) is 5.23. The van der Waals surface area contributed by atoms with E-state index in [4.69, 9.17) is 9.73 Å². The molecule has 0 fully saturated rings. The lowest BCUT2D eigenvalue weighted by atomic mass is 10.1. The Bertz CT molecular complexity index is 739. The van der Waals surface area contributed by atoms with Gasteiger partial charge in [-0.2, -0.15) is 5.10 Å². The van der Waals surface area contributed by atoms with Crippen LogP contribution in [0.2, 0.25) is 0 Å². The molecule has 2 heterocycles. The summed E-state index contributed by atoms with van der Waals surface area (Å²) in [5, 5.41) is 11.4. The third-order valence-electron chi connectivity index (χ3n) is 4.23. The second kappa shape index (κ2) is 12.3. The minimum atomic E-state index is 0. The van der Waals surface area contributed by atoms with Gasteiger partial charge in [0.1, 0.15) is 12.4 Å². The molecule has 0 saturated heterocycles. The largest absolute Gasteiger partial charge is 0.377 e. The van der Waals surface area contributed by atoms with Gasteiger partial charge in [-0.25, -0.2) is 9.67 Å². The zero-order valence-corrected chi connectivity index (χ0v) is 19.6. The predicted molar refractivity (Wildman–Crippen MR) is 125 cm³/mol. The van der Waals surface area contributed by atoms with Crippen LogP contribution in [0.3, 0.4) is 0 Å². The maximum absolute atomic E-state index is 5.13. The molecular formula is C19H29IN6OS. The van der Waals surface area contributed by atoms with Crippen molar-refractivity contribution in [2.75, 3.05) is 26.0 Å². The van der Waals surface area contributed by atoms with Gasteiger partial charge in [-0.1, -0.05) is 18.2 Å². The van der Waals surface area contributed by atoms with E-state index in [1.165, 1.54) is 4.90 Å². The second-order valence-electron chi connectivity index (χ2n) is 6.36. The number of thioether (sulfide) groups is 1. The number of aromatic nitrogens is 3. The highest BCUT2D eigenvalue weighted by atomic mass is 127. The summed E-state index contributed by atoms with van der Waals surface area (Å²) in [6.45, 7) is 4.96. The van der Waals surface area contributed by atoms with Crippen LogP contribution in [0, 0.1) is 0 Å². The van der Waals surface area contributed by atoms with Crippen LogP contribution < -0.4 is 10.6 Å². The van der Waals surface area contributed by atoms with Crippen LogP contribution in [0.1, 0.15) is 25.0 Å². The molecule has 0 aliphatic carbocycles. The SMILES string of the molecule is CCNC(=NCCSc1ccccc1)NC1CCc2nc(COC)nn2C1.I. The molecule has 9 heteroatoms. The van der Waals surface area contributed by atoms with E-state index in [2.05, 4.69) is 51.9 Å². The highest BCUT2D eigenvalue weighted by molar-refractivity contribution is 14.0. The first-order valence-corrected chi connectivity index (χ1v) is 10.4. The summed E-state index contributed by atoms with van der Waals surface area (Å²) in [6.07, 6.45) is 1.94. The van der Waals surface area contributed by atoms with Gasteiger partial charge < -0.3 is 15.4 Å². The van der Waals surface area contributed by atoms with Gasteiger partial charge in [-0.3, -0.25) is 4.99 Å². The number of aliphatic imine (C=N–C) groups is 1. The monoisotopic (exact) mass is 516 g/mol. The van der Waals surface area contributed by atoms with Crippen molar-refractivity contribution in [2.45, 2.75) is 43.9 Å². The van der Waals surface area contributed by atoms with E-state index < -0.39 is 0 Å². The average Bonchev–Trinajstić information content (AvgIpc) is 3.08. The van der Waals surface area contributed by atoms with Gasteiger partial charge in [0.15, 0.2) is 11.8 Å². The molecule has 0 saturated carbocycles. The Labute approximate surface area is 188 Å². The third kappa shape index (κ3) is 6.93. The molecule has 2 aromatic rings. The number of nitrogens with zero attached hydrogens (tertiary/aromatic N) is 4. The van der Waals surface area contributed by atoms with E-state index in [1.54, 1.807) is 7.11 Å². The van der Waals surface area contributed by atoms with Crippen LogP contribution in [0.5, 0.6) is 0 Å². The van der Waals surface area contributed by atoms with Crippen LogP contribution in [-0.2, 0) is 24.3 Å². The number of hydrogen-bond donors (Lipinski definition) is 2. The van der Waals surface area contributed by atoms with E-state index >= 15 is 0 Å². The minimum absolute atomic E-state index is 0. The molecular weight excluding hydrogens is 487 g/mol. The maximum Gasteiger partial charge on any atom is 0.191 e. The van der Waals surface area contributed by atoms with Gasteiger partial charge in [-0.05, 0) is 25.5 Å². The Morgan fingerprint density at radius 2 is 2.18 bits per heavy atom. The second-order valence-corrected chi connectivity index (χ2v) is 7.53. The van der Waals surface area contributed by atoms with Crippen molar-refractivity contribution in [2.24, 2.45) is 4.99 Å². The number of methoxy groups -OCH3 is 1. The molecule has 0 bridgehead atoms. The zero-order chi connectivity index (χ0) is 18.9. The molecule has 3 rings (SSSR count). The average molecular weight is 516 g/mol. The van der Waals surface area contributed by atoms with Gasteiger partial charge in [0.05, 0.1) is 13.1 Å². The molecule has 1 aromatic carbocycles. The first-order chi connectivity index (χ1) is 13.3. The molecule has 7 nitrogen and oxygen atoms in total. The molecule has 28 heavy (non-hydrogen) atoms. The van der Waals surface area contributed by atoms with Crippen molar-refractivity contribution < 1.29 is 4.74 Å². The summed E-state index contributed by atoms with van der Waals surface area (Å²) < 4.78 is 7.12. The fraction of sp³-hybridized carbons (Fsp3) is 0.526. The van der Waals surface area contributed by atoms with Crippen molar-refractivity contribution in [1.82, 2.24) is 25.4 Å². The Kier molecular flexibility index (Phi) is 10.1. The quantitative estimate of drug-likeness (QED) is 0.185. The molecule has 1 aliphatic rings. The normalized spacial score (nSPS) is 16.2. The van der Waals surface area contributed by atoms with Crippen molar-refractivity contribution in [3.8, 4) is 0 Å². The summed E-state index contributed by atoms with van der Waals surface area (Å²) in [5.74, 6) is 3.63. The lowest BCUT2D eigenvalue weighted by Gasteiger charge is -2.25. The summed E-state index contributed by atoms with van der Waals surface area (Å²) in [4.78, 5) is 10.5. The smallest absolute Gasteiger partial charge is 0.191 e. The number of guanidine groups is 1. The Balaban J connectivity index is 0.00000280. The van der Waals surface area contributed by atoms with Crippen LogP contribution in [0.25, 0.3) is 0 Å². The van der Waals surface area contributed by atoms with Gasteiger partial charge in [0.2, 0.25) is 0 Å². The van der Waals surface area contributed by atoms with E-state index in [0.717, 1.165) is 55.8 Å². The summed E-state index contributed by atoms with van der Waals surface area (Å²) in [5.41, 5.74) is 0. The maximum atomic E-state index is 5.13. The number of ether oxygens (including phenoxy) is 1. The molecule has 1 aromatic heterocycles. The van der Waals surface area contributed by atoms with Gasteiger partial charge in [0.25, 0.3) is 0 Å². The molecule has 1 atom stereocenters. The van der Waals surface area contributed by atoms with E-state index in [0.29, 0.717) is 12.6 Å². The number of benzene rings is 1. The molecule has 0 radical (unpaired) electrons. The Morgan fingerprint density at radius 1 is 1.36 bits per heavy atom. The summed E-state index contributed by atoms with van der Waals surface area (Å²) >= 11 is 1.83. The summed E-state index contributed by atoms with van der Waals surface area (Å²) in [6, 6.07) is 10.7. The fourth-order valence-corrected chi connectivity index (χ4v) is 3.79. The van der Waals surface area contributed by atoms with Crippen LogP contribution in [-0.4, -0.2) is 52.7 Å². The topological polar surface area (TPSA) is 76.4 Å². The zero-order valence-electron chi connectivity index (χ0n) is 16.4. The number of fused-ring (bicyclic) bond motifs is 1. The Morgan fingerprint density at radius 3 is 2.93 bits per heavy atom. The number of rotatable bonds is 8. The van der Waals surface area contributed by atoms with Gasteiger partial charge in [-0.15, -0.1) is 35.7 Å². The van der Waals surface area contributed by atoms with Crippen molar-refractivity contribution in [3.05, 3.63) is 42.0 Å². The number of nitrogens with one attached hydrogen (secondary N) is 2. The molecule has 0 spiro atoms. The number of aryl methyl sites for hydroxylation is 1. The van der Waals surface area contributed by atoms with E-state index in [9.17, 15) is 0 Å². The Hall–Kier alpha value is -1.33. The fourth-order valence-electron chi connectivity index (χ4n) is 3.02. The molecule has 154 valence electrons. The highest BCUT2D eigenvalue weighted by Gasteiger charge is 2.22. The lowest BCUT2D eigenvalue weighted by molar-refractivity contribution is 0.177. The first kappa shape index (κ1) is 23.0. The van der Waals surface area contributed by atoms with E-state index in [1.807, 2.05) is 22.5 Å². The number of hydrogen-bond acceptors (Lipinski definition) is 5. The minimum Gasteiger partial charge on any atom is -0.377 e. The predicted octanol–water partition coefficient (Wildman–Crippen LogP) is 2.70. The van der Waals surface area contributed by atoms with Crippen molar-refractivity contribution in [3.63, 3.8) is 0 Å². The first-order valence-electron chi connectivity index (χ1n) is 9.42.